The summed E-state index contributed by atoms with van der Waals surface area (Å²) in [6, 6.07) is 49.5. The van der Waals surface area contributed by atoms with Crippen molar-refractivity contribution in [3.8, 4) is 33.8 Å². The number of benzene rings is 6. The van der Waals surface area contributed by atoms with Crippen LogP contribution in [0.15, 0.2) is 233 Å². The maximum absolute atomic E-state index is 13.0. The summed E-state index contributed by atoms with van der Waals surface area (Å²) in [5.74, 6) is 3.87. The minimum atomic E-state index is -4.64. The maximum Gasteiger partial charge on any atom is 0.446 e. The van der Waals surface area contributed by atoms with Crippen molar-refractivity contribution < 1.29 is 115 Å². The van der Waals surface area contributed by atoms with Crippen molar-refractivity contribution in [2.24, 2.45) is 22.9 Å². The number of carbonyl (C=O) groups is 4. The van der Waals surface area contributed by atoms with Gasteiger partial charge in [-0.15, -0.1) is 15.3 Å². The average molecular weight is 2000 g/mol. The first-order valence-electron chi connectivity index (χ1n) is 43.1. The zero-order valence-corrected chi connectivity index (χ0v) is 83.0. The second-order valence-corrected chi connectivity index (χ2v) is 40.5. The number of sulfonamides is 1. The highest BCUT2D eigenvalue weighted by Crippen LogP contribution is 2.29. The summed E-state index contributed by atoms with van der Waals surface area (Å²) in [6.07, 6.45) is -0.416. The molecule has 44 heteroatoms. The summed E-state index contributed by atoms with van der Waals surface area (Å²) in [5.41, 5.74) is 9.73. The quantitative estimate of drug-likeness (QED) is 0.00942. The topological polar surface area (TPSA) is 457 Å². The molecule has 0 radical (unpaired) electrons. The van der Waals surface area contributed by atoms with Gasteiger partial charge >= 0.3 is 6.18 Å². The molecule has 12 aromatic rings. The number of carbonyl (C=O) groups excluding carboxylic acids is 4. The van der Waals surface area contributed by atoms with Crippen LogP contribution in [0.4, 0.5) is 26.3 Å². The molecule has 6 aromatic heterocycles. The van der Waals surface area contributed by atoms with Crippen LogP contribution in [-0.4, -0.2) is 214 Å². The van der Waals surface area contributed by atoms with E-state index in [-0.39, 0.29) is 74.8 Å². The van der Waals surface area contributed by atoms with Crippen LogP contribution in [0.1, 0.15) is 122 Å². The van der Waals surface area contributed by atoms with E-state index in [4.69, 9.17) is 23.2 Å². The van der Waals surface area contributed by atoms with Crippen molar-refractivity contribution in [1.29, 1.82) is 0 Å². The molecule has 0 aliphatic carbocycles. The minimum Gasteiger partial charge on any atom is -0.744 e. The van der Waals surface area contributed by atoms with E-state index in [2.05, 4.69) is 51.1 Å². The van der Waals surface area contributed by atoms with Gasteiger partial charge in [0.25, 0.3) is 10.1 Å². The lowest BCUT2D eigenvalue weighted by atomic mass is 10.0. The fourth-order valence-electron chi connectivity index (χ4n) is 12.8. The average Bonchev–Trinajstić information content (AvgIpc) is 1.70. The number of aromatic nitrogens is 9. The number of halogens is 6. The van der Waals surface area contributed by atoms with E-state index in [1.807, 2.05) is 215 Å². The van der Waals surface area contributed by atoms with Gasteiger partial charge in [0.1, 0.15) is 125 Å². The molecule has 0 fully saturated rings. The number of quaternary nitrogens is 2. The molecule has 12 rings (SSSR count). The van der Waals surface area contributed by atoms with E-state index in [0.717, 1.165) is 68.8 Å². The van der Waals surface area contributed by atoms with E-state index >= 15 is 0 Å². The standard InChI is InChI=1S/C24H32FN5O2.C23H31FN6O4S.C22H29N5O2.C9H11FO3S.2C7H8O3S.C2HF3O/c1-17(2)23(29-15-22(27-28-29)19-8-6-18(3)7-9-19)24(31)26-14-20-10-11-21(32-20)16-30(4,5)13-12-25;1-16(2)22(23(31)26-13-18-7-8-19(34-18)15-30(3,4)12-11-24)29-14-21(27-28-29)17-5-9-20(10-6-17)35(25,32)33;1-15(2)21(22(28)23-12-18-10-11-19(29-18)13-26(4)5)27-14-20(24-25-27)17-8-6-16(3)7-9-17;1-8-2-4-9(5-3-8)14(11,12)13-7-6-10;2*1-6-2-4-7(5-3-6)11(8,9)10;3-2(4,5)1-6/h6-11,15,17,23H,12-14,16H2,1-5H3;5-10,14,16,22H,11-13,15H2,1-4H3,(H2-,25,26,31,32,33);6-11,14-15,21H,12-13H2,1-5H3,(H,23,28);2-5H,6-7H2,1H3;2*2-5H,1H3,(H,8,9,10);1H/t23-;22-;21-;;;;/m000..../s1. The smallest absolute Gasteiger partial charge is 0.446 e. The third kappa shape index (κ3) is 39.0. The molecule has 5 N–H and O–H groups in total. The summed E-state index contributed by atoms with van der Waals surface area (Å²) in [4.78, 5) is 49.3. The Morgan fingerprint density at radius 1 is 0.435 bits per heavy atom. The highest BCUT2D eigenvalue weighted by atomic mass is 32.2. The molecule has 0 saturated heterocycles. The first-order chi connectivity index (χ1) is 64.5. The van der Waals surface area contributed by atoms with Crippen LogP contribution in [0.2, 0.25) is 0 Å². The van der Waals surface area contributed by atoms with E-state index < -0.39 is 90.9 Å². The summed E-state index contributed by atoms with van der Waals surface area (Å²) in [5, 5.41) is 39.2. The summed E-state index contributed by atoms with van der Waals surface area (Å²) in [6.45, 7) is 22.8. The number of aryl methyl sites for hydroxylation is 5. The number of rotatable bonds is 35. The highest BCUT2D eigenvalue weighted by Gasteiger charge is 2.31. The van der Waals surface area contributed by atoms with Crippen molar-refractivity contribution in [1.82, 2.24) is 65.8 Å². The van der Waals surface area contributed by atoms with Crippen molar-refractivity contribution in [3.05, 3.63) is 263 Å². The number of nitrogens with two attached hydrogens (primary N) is 1. The predicted octanol–water partition coefficient (Wildman–Crippen LogP) is 13.8. The molecule has 0 aliphatic rings. The molecule has 0 bridgehead atoms. The molecule has 0 unspecified atom stereocenters. The van der Waals surface area contributed by atoms with Crippen LogP contribution in [0.5, 0.6) is 0 Å². The summed E-state index contributed by atoms with van der Waals surface area (Å²) in [7, 11) is -4.36. The van der Waals surface area contributed by atoms with Gasteiger partial charge in [-0.25, -0.2) is 57.6 Å². The lowest BCUT2D eigenvalue weighted by Gasteiger charge is -2.27. The Balaban J connectivity index is 0.000000263. The van der Waals surface area contributed by atoms with Gasteiger partial charge in [0.15, 0.2) is 11.5 Å². The second-order valence-electron chi connectivity index (χ2n) is 34.6. The lowest BCUT2D eigenvalue weighted by molar-refractivity contribution is -0.904. The van der Waals surface area contributed by atoms with Crippen molar-refractivity contribution in [2.75, 3.05) is 82.0 Å². The van der Waals surface area contributed by atoms with Gasteiger partial charge in [-0.2, -0.15) is 21.6 Å². The SMILES string of the molecule is CC(C)[C@@H](C(=O)NCc1ccc(C[N+](C)(C)CCF)o1)n1cc(-c2ccc(S(N)(=O)=O)cc2)nn1.Cc1ccc(-c2cn([C@H](C(=O)NCc3ccc(CN(C)C)o3)C(C)C)nn2)cc1.Cc1ccc(-c2cn([C@H](C(=O)NCc3ccc(C[N+](C)(C)CCF)o3)C(C)C)nn2)cc1.Cc1ccc(S(=O)(=O)OCCF)cc1.Cc1ccc(S(=O)(=O)[O-])cc1.Cc1ccc(S(=O)(=O)[O-])cc1.O=CC(F)(F)F. The number of furan rings is 3. The lowest BCUT2D eigenvalue weighted by Crippen LogP contribution is -2.40. The Bertz CT molecular complexity index is 6240. The number of nitrogens with one attached hydrogen (secondary N) is 3. The fourth-order valence-corrected chi connectivity index (χ4v) is 15.2. The molecular weight excluding hydrogens is 1880 g/mol. The Labute approximate surface area is 801 Å². The van der Waals surface area contributed by atoms with Gasteiger partial charge in [0.2, 0.25) is 34.0 Å². The molecular formula is C94H120F6N16O18S4. The minimum absolute atomic E-state index is 0.000850. The Morgan fingerprint density at radius 2 is 0.696 bits per heavy atom. The van der Waals surface area contributed by atoms with Crippen LogP contribution in [0.3, 0.4) is 0 Å². The largest absolute Gasteiger partial charge is 0.744 e. The van der Waals surface area contributed by atoms with Crippen LogP contribution in [-0.2, 0) is 103 Å². The number of hydrogen-bond acceptors (Lipinski definition) is 25. The third-order valence-electron chi connectivity index (χ3n) is 20.1. The van der Waals surface area contributed by atoms with Gasteiger partial charge < -0.3 is 52.2 Å². The molecule has 3 amide bonds. The molecule has 34 nitrogen and oxygen atoms in total. The molecule has 138 heavy (non-hydrogen) atoms. The maximum atomic E-state index is 13.0. The van der Waals surface area contributed by atoms with Crippen LogP contribution in [0.25, 0.3) is 33.8 Å². The molecule has 750 valence electrons. The molecule has 0 spiro atoms. The van der Waals surface area contributed by atoms with Gasteiger partial charge in [0.05, 0.1) is 99.1 Å². The fraction of sp³-hybridized carbons (Fsp3) is 0.383. The number of alkyl halides is 6. The van der Waals surface area contributed by atoms with Crippen LogP contribution in [0, 0.1) is 52.4 Å². The Morgan fingerprint density at radius 3 is 0.957 bits per heavy atom. The number of hydrogen-bond donors (Lipinski definition) is 4. The summed E-state index contributed by atoms with van der Waals surface area (Å²) < 4.78 is 204. The van der Waals surface area contributed by atoms with E-state index in [1.54, 1.807) is 70.2 Å². The van der Waals surface area contributed by atoms with Crippen molar-refractivity contribution >= 4 is 64.4 Å². The van der Waals surface area contributed by atoms with E-state index in [1.165, 1.54) is 64.3 Å². The number of primary sulfonamides is 1. The monoisotopic (exact) mass is 2000 g/mol. The van der Waals surface area contributed by atoms with Gasteiger partial charge in [-0.3, -0.25) is 23.4 Å². The van der Waals surface area contributed by atoms with Crippen molar-refractivity contribution in [2.45, 2.75) is 159 Å². The first-order valence-corrected chi connectivity index (χ1v) is 48.9. The molecule has 6 heterocycles. The zero-order chi connectivity index (χ0) is 103. The van der Waals surface area contributed by atoms with E-state index in [9.17, 15) is 83.5 Å². The van der Waals surface area contributed by atoms with Gasteiger partial charge in [0, 0.05) is 16.7 Å². The highest BCUT2D eigenvalue weighted by molar-refractivity contribution is 7.89. The molecule has 6 aromatic carbocycles. The molecule has 3 atom stereocenters. The number of nitrogens with zero attached hydrogens (tertiary/aromatic N) is 12. The Hall–Kier alpha value is -12.2. The van der Waals surface area contributed by atoms with Gasteiger partial charge in [-0.1, -0.05) is 182 Å². The second kappa shape index (κ2) is 52.5. The van der Waals surface area contributed by atoms with Crippen molar-refractivity contribution in [3.63, 3.8) is 0 Å². The van der Waals surface area contributed by atoms with Crippen LogP contribution >= 0.6 is 0 Å². The van der Waals surface area contributed by atoms with E-state index in [0.29, 0.717) is 64.5 Å². The van der Waals surface area contributed by atoms with Crippen LogP contribution < -0.4 is 21.1 Å². The number of aldehydes is 1. The molecule has 0 saturated carbocycles. The Kier molecular flexibility index (Phi) is 43.6. The summed E-state index contributed by atoms with van der Waals surface area (Å²) >= 11 is 0. The predicted molar refractivity (Wildman–Crippen MR) is 502 cm³/mol. The third-order valence-corrected chi connectivity index (χ3v) is 24.1. The normalized spacial score (nSPS) is 12.4. The molecule has 0 aliphatic heterocycles. The number of amides is 3. The zero-order valence-electron chi connectivity index (χ0n) is 79.8. The first kappa shape index (κ1) is 114. The van der Waals surface area contributed by atoms with Gasteiger partial charge in [-0.05, 0) is 151 Å².